The standard InChI is InChI=1S/C17H25N3O/c1-3-4-5-12-21-16-8-6-15(7-9-16)13-20-14(2)17-18-10-11-19-17/h6-11,14,20H,3-5,12-13H2,1-2H3,(H,18,19). The van der Waals surface area contributed by atoms with Crippen LogP contribution in [0.1, 0.15) is 50.5 Å². The zero-order chi connectivity index (χ0) is 14.9. The molecule has 0 spiro atoms. The van der Waals surface area contributed by atoms with Crippen molar-refractivity contribution in [2.45, 2.75) is 45.7 Å². The predicted octanol–water partition coefficient (Wildman–Crippen LogP) is 3.83. The van der Waals surface area contributed by atoms with Crippen molar-refractivity contribution in [2.24, 2.45) is 0 Å². The van der Waals surface area contributed by atoms with Crippen LogP contribution in [0.25, 0.3) is 0 Å². The van der Waals surface area contributed by atoms with E-state index in [0.29, 0.717) is 0 Å². The first-order valence-corrected chi connectivity index (χ1v) is 7.74. The Labute approximate surface area is 127 Å². The predicted molar refractivity (Wildman–Crippen MR) is 85.3 cm³/mol. The van der Waals surface area contributed by atoms with E-state index in [1.165, 1.54) is 18.4 Å². The minimum atomic E-state index is 0.213. The number of ether oxygens (including phenoxy) is 1. The average Bonchev–Trinajstić information content (AvgIpc) is 3.05. The number of hydrogen-bond donors (Lipinski definition) is 2. The highest BCUT2D eigenvalue weighted by molar-refractivity contribution is 5.27. The molecule has 2 aromatic rings. The Balaban J connectivity index is 1.74. The first-order valence-electron chi connectivity index (χ1n) is 7.74. The van der Waals surface area contributed by atoms with E-state index in [4.69, 9.17) is 4.74 Å². The van der Waals surface area contributed by atoms with Gasteiger partial charge in [0.15, 0.2) is 0 Å². The summed E-state index contributed by atoms with van der Waals surface area (Å²) in [4.78, 5) is 7.38. The summed E-state index contributed by atoms with van der Waals surface area (Å²) in [5, 5.41) is 3.45. The van der Waals surface area contributed by atoms with E-state index < -0.39 is 0 Å². The van der Waals surface area contributed by atoms with Gasteiger partial charge in [-0.15, -0.1) is 0 Å². The molecule has 4 nitrogen and oxygen atoms in total. The number of unbranched alkanes of at least 4 members (excludes halogenated alkanes) is 2. The highest BCUT2D eigenvalue weighted by Gasteiger charge is 2.06. The van der Waals surface area contributed by atoms with Gasteiger partial charge in [0.05, 0.1) is 12.6 Å². The maximum atomic E-state index is 5.71. The lowest BCUT2D eigenvalue weighted by Crippen LogP contribution is -2.19. The lowest BCUT2D eigenvalue weighted by atomic mass is 10.2. The van der Waals surface area contributed by atoms with Crippen molar-refractivity contribution in [3.8, 4) is 5.75 Å². The zero-order valence-corrected chi connectivity index (χ0v) is 12.9. The second-order valence-corrected chi connectivity index (χ2v) is 5.28. The number of hydrogen-bond acceptors (Lipinski definition) is 3. The summed E-state index contributed by atoms with van der Waals surface area (Å²) < 4.78 is 5.71. The Hall–Kier alpha value is -1.81. The number of H-pyrrole nitrogens is 1. The zero-order valence-electron chi connectivity index (χ0n) is 12.9. The fourth-order valence-electron chi connectivity index (χ4n) is 2.13. The number of nitrogens with zero attached hydrogens (tertiary/aromatic N) is 1. The average molecular weight is 287 g/mol. The summed E-state index contributed by atoms with van der Waals surface area (Å²) in [5.41, 5.74) is 1.24. The fourth-order valence-corrected chi connectivity index (χ4v) is 2.13. The minimum Gasteiger partial charge on any atom is -0.494 e. The van der Waals surface area contributed by atoms with Crippen molar-refractivity contribution in [3.05, 3.63) is 48.0 Å². The number of benzene rings is 1. The van der Waals surface area contributed by atoms with Gasteiger partial charge in [-0.25, -0.2) is 4.98 Å². The summed E-state index contributed by atoms with van der Waals surface area (Å²) in [6, 6.07) is 8.51. The molecule has 0 fully saturated rings. The lowest BCUT2D eigenvalue weighted by Gasteiger charge is -2.12. The van der Waals surface area contributed by atoms with Crippen LogP contribution in [0.5, 0.6) is 5.75 Å². The highest BCUT2D eigenvalue weighted by atomic mass is 16.5. The second-order valence-electron chi connectivity index (χ2n) is 5.28. The smallest absolute Gasteiger partial charge is 0.122 e. The first-order chi connectivity index (χ1) is 10.3. The summed E-state index contributed by atoms with van der Waals surface area (Å²) >= 11 is 0. The van der Waals surface area contributed by atoms with Gasteiger partial charge in [-0.2, -0.15) is 0 Å². The van der Waals surface area contributed by atoms with Gasteiger partial charge in [0, 0.05) is 18.9 Å². The molecular formula is C17H25N3O. The molecule has 1 aromatic carbocycles. The maximum Gasteiger partial charge on any atom is 0.122 e. The van der Waals surface area contributed by atoms with Crippen LogP contribution < -0.4 is 10.1 Å². The molecule has 114 valence electrons. The van der Waals surface area contributed by atoms with E-state index in [2.05, 4.69) is 41.3 Å². The molecular weight excluding hydrogens is 262 g/mol. The van der Waals surface area contributed by atoms with Gasteiger partial charge < -0.3 is 15.0 Å². The molecule has 2 N–H and O–H groups in total. The van der Waals surface area contributed by atoms with Gasteiger partial charge in [-0.05, 0) is 31.0 Å². The van der Waals surface area contributed by atoms with Crippen molar-refractivity contribution in [3.63, 3.8) is 0 Å². The van der Waals surface area contributed by atoms with E-state index in [1.807, 2.05) is 18.3 Å². The Morgan fingerprint density at radius 2 is 2.05 bits per heavy atom. The molecule has 2 rings (SSSR count). The van der Waals surface area contributed by atoms with Crippen LogP contribution in [0.2, 0.25) is 0 Å². The third kappa shape index (κ3) is 5.23. The van der Waals surface area contributed by atoms with E-state index in [1.54, 1.807) is 6.20 Å². The third-order valence-electron chi connectivity index (χ3n) is 3.48. The molecule has 0 aliphatic heterocycles. The summed E-state index contributed by atoms with van der Waals surface area (Å²) in [5.74, 6) is 1.92. The third-order valence-corrected chi connectivity index (χ3v) is 3.48. The van der Waals surface area contributed by atoms with Crippen molar-refractivity contribution in [1.29, 1.82) is 0 Å². The molecule has 0 saturated heterocycles. The van der Waals surface area contributed by atoms with Gasteiger partial charge in [-0.1, -0.05) is 31.9 Å². The van der Waals surface area contributed by atoms with Gasteiger partial charge in [0.25, 0.3) is 0 Å². The van der Waals surface area contributed by atoms with Gasteiger partial charge >= 0.3 is 0 Å². The Kier molecular flexibility index (Phi) is 6.28. The number of nitrogens with one attached hydrogen (secondary N) is 2. The molecule has 1 unspecified atom stereocenters. The molecule has 0 saturated carbocycles. The summed E-state index contributed by atoms with van der Waals surface area (Å²) in [6.45, 7) is 5.93. The topological polar surface area (TPSA) is 49.9 Å². The van der Waals surface area contributed by atoms with Gasteiger partial charge in [0.1, 0.15) is 11.6 Å². The summed E-state index contributed by atoms with van der Waals surface area (Å²) in [6.07, 6.45) is 7.20. The van der Waals surface area contributed by atoms with Crippen molar-refractivity contribution >= 4 is 0 Å². The van der Waals surface area contributed by atoms with Crippen LogP contribution in [0, 0.1) is 0 Å². The molecule has 4 heteroatoms. The number of aromatic nitrogens is 2. The largest absolute Gasteiger partial charge is 0.494 e. The van der Waals surface area contributed by atoms with E-state index in [9.17, 15) is 0 Å². The van der Waals surface area contributed by atoms with E-state index in [0.717, 1.165) is 31.1 Å². The van der Waals surface area contributed by atoms with Gasteiger partial charge in [0.2, 0.25) is 0 Å². The molecule has 1 atom stereocenters. The van der Waals surface area contributed by atoms with Crippen LogP contribution in [0.3, 0.4) is 0 Å². The van der Waals surface area contributed by atoms with Crippen LogP contribution >= 0.6 is 0 Å². The summed E-state index contributed by atoms with van der Waals surface area (Å²) in [7, 11) is 0. The molecule has 0 aliphatic rings. The second kappa shape index (κ2) is 8.47. The van der Waals surface area contributed by atoms with Crippen LogP contribution in [-0.2, 0) is 6.54 Å². The van der Waals surface area contributed by atoms with Crippen molar-refractivity contribution in [1.82, 2.24) is 15.3 Å². The molecule has 0 aliphatic carbocycles. The number of aromatic amines is 1. The molecule has 1 aromatic heterocycles. The van der Waals surface area contributed by atoms with E-state index in [-0.39, 0.29) is 6.04 Å². The fraction of sp³-hybridized carbons (Fsp3) is 0.471. The van der Waals surface area contributed by atoms with E-state index >= 15 is 0 Å². The lowest BCUT2D eigenvalue weighted by molar-refractivity contribution is 0.306. The maximum absolute atomic E-state index is 5.71. The first kappa shape index (κ1) is 15.6. The normalized spacial score (nSPS) is 12.3. The molecule has 0 radical (unpaired) electrons. The quantitative estimate of drug-likeness (QED) is 0.689. The SMILES string of the molecule is CCCCCOc1ccc(CNC(C)c2ncc[nH]2)cc1. The Morgan fingerprint density at radius 3 is 2.71 bits per heavy atom. The van der Waals surface area contributed by atoms with Crippen molar-refractivity contribution in [2.75, 3.05) is 6.61 Å². The highest BCUT2D eigenvalue weighted by Crippen LogP contribution is 2.14. The van der Waals surface area contributed by atoms with Crippen LogP contribution in [-0.4, -0.2) is 16.6 Å². The van der Waals surface area contributed by atoms with Crippen LogP contribution in [0.4, 0.5) is 0 Å². The van der Waals surface area contributed by atoms with Crippen LogP contribution in [0.15, 0.2) is 36.7 Å². The van der Waals surface area contributed by atoms with Crippen molar-refractivity contribution < 1.29 is 4.74 Å². The Morgan fingerprint density at radius 1 is 1.24 bits per heavy atom. The molecule has 1 heterocycles. The van der Waals surface area contributed by atoms with Gasteiger partial charge in [-0.3, -0.25) is 0 Å². The minimum absolute atomic E-state index is 0.213. The monoisotopic (exact) mass is 287 g/mol. The Bertz CT molecular complexity index is 493. The molecule has 21 heavy (non-hydrogen) atoms. The molecule has 0 amide bonds. The number of rotatable bonds is 9. The number of imidazole rings is 1. The molecule has 0 bridgehead atoms.